The Balaban J connectivity index is 1.27. The molecule has 0 bridgehead atoms. The first kappa shape index (κ1) is 29.6. The SMILES string of the molecule is c1ccc(-c2cc3nc(-n4c5ccccc5c5cc6ccccc6cc54)nc(-c4ccc5ccc6ccccc6c5c4)c3cc2-c2ccccc2)cc1. The molecule has 3 nitrogen and oxygen atoms in total. The highest BCUT2D eigenvalue weighted by molar-refractivity contribution is 6.14. The van der Waals surface area contributed by atoms with Crippen LogP contribution in [0.15, 0.2) is 188 Å². The summed E-state index contributed by atoms with van der Waals surface area (Å²) in [6, 6.07) is 67.5. The summed E-state index contributed by atoms with van der Waals surface area (Å²) in [5.41, 5.74) is 9.61. The zero-order valence-electron chi connectivity index (χ0n) is 28.7. The van der Waals surface area contributed by atoms with Gasteiger partial charge in [0.1, 0.15) is 0 Å². The van der Waals surface area contributed by atoms with E-state index in [0.717, 1.165) is 55.4 Å². The molecule has 0 unspecified atom stereocenters. The average Bonchev–Trinajstić information content (AvgIpc) is 3.55. The molecule has 0 saturated carbocycles. The van der Waals surface area contributed by atoms with Crippen molar-refractivity contribution in [1.29, 1.82) is 0 Å². The zero-order chi connectivity index (χ0) is 34.9. The van der Waals surface area contributed by atoms with E-state index in [0.29, 0.717) is 5.95 Å². The van der Waals surface area contributed by atoms with Crippen LogP contribution < -0.4 is 0 Å². The molecule has 2 aromatic heterocycles. The Morgan fingerprint density at radius 2 is 0.906 bits per heavy atom. The minimum atomic E-state index is 0.651. The maximum atomic E-state index is 5.57. The van der Waals surface area contributed by atoms with E-state index in [2.05, 4.69) is 193 Å². The van der Waals surface area contributed by atoms with E-state index in [4.69, 9.17) is 9.97 Å². The van der Waals surface area contributed by atoms with Crippen molar-refractivity contribution in [2.45, 2.75) is 0 Å². The number of benzene rings is 9. The van der Waals surface area contributed by atoms with Crippen molar-refractivity contribution in [3.8, 4) is 39.5 Å². The summed E-state index contributed by atoms with van der Waals surface area (Å²) in [5.74, 6) is 0.651. The third kappa shape index (κ3) is 4.75. The maximum Gasteiger partial charge on any atom is 0.235 e. The molecule has 0 amide bonds. The molecule has 53 heavy (non-hydrogen) atoms. The number of para-hydroxylation sites is 1. The molecule has 0 atom stereocenters. The number of rotatable bonds is 4. The predicted molar refractivity (Wildman–Crippen MR) is 223 cm³/mol. The van der Waals surface area contributed by atoms with Crippen LogP contribution in [0.1, 0.15) is 0 Å². The first-order chi connectivity index (χ1) is 26.3. The average molecular weight is 674 g/mol. The summed E-state index contributed by atoms with van der Waals surface area (Å²) < 4.78 is 2.25. The van der Waals surface area contributed by atoms with Crippen LogP contribution in [0, 0.1) is 0 Å². The molecule has 0 aliphatic heterocycles. The van der Waals surface area contributed by atoms with Crippen LogP contribution in [0.25, 0.3) is 104 Å². The van der Waals surface area contributed by atoms with Crippen LogP contribution in [0.4, 0.5) is 0 Å². The number of aromatic nitrogens is 3. The molecule has 246 valence electrons. The predicted octanol–water partition coefficient (Wildman–Crippen LogP) is 13.2. The van der Waals surface area contributed by atoms with Crippen LogP contribution in [0.3, 0.4) is 0 Å². The van der Waals surface area contributed by atoms with Gasteiger partial charge in [0.15, 0.2) is 0 Å². The van der Waals surface area contributed by atoms with Gasteiger partial charge in [0.25, 0.3) is 0 Å². The van der Waals surface area contributed by atoms with Crippen molar-refractivity contribution in [2.24, 2.45) is 0 Å². The summed E-state index contributed by atoms with van der Waals surface area (Å²) in [6.07, 6.45) is 0. The second-order valence-corrected chi connectivity index (χ2v) is 13.8. The topological polar surface area (TPSA) is 30.7 Å². The molecule has 0 saturated heterocycles. The van der Waals surface area contributed by atoms with Crippen LogP contribution in [0.5, 0.6) is 0 Å². The van der Waals surface area contributed by atoms with Crippen LogP contribution in [-0.4, -0.2) is 14.5 Å². The molecule has 0 aliphatic carbocycles. The van der Waals surface area contributed by atoms with Crippen molar-refractivity contribution >= 4 is 65.0 Å². The molecule has 2 heterocycles. The second kappa shape index (κ2) is 11.7. The van der Waals surface area contributed by atoms with Crippen molar-refractivity contribution < 1.29 is 0 Å². The standard InChI is InChI=1S/C50H31N3/c1-3-13-32(14-4-1)42-30-45-46(31-43(42)33-15-5-2-6-16-33)51-50(52-49(45)38-26-25-35-24-23-34-17-9-10-20-39(34)41(35)28-38)53-47-22-12-11-21-40(47)44-27-36-18-7-8-19-37(36)29-48(44)53/h1-31H. The van der Waals surface area contributed by atoms with Gasteiger partial charge in [0.05, 0.1) is 22.2 Å². The fourth-order valence-electron chi connectivity index (χ4n) is 8.22. The second-order valence-electron chi connectivity index (χ2n) is 13.8. The normalized spacial score (nSPS) is 11.8. The molecule has 9 aromatic carbocycles. The van der Waals surface area contributed by atoms with Gasteiger partial charge in [-0.1, -0.05) is 152 Å². The Labute approximate surface area is 306 Å². The van der Waals surface area contributed by atoms with E-state index in [1.165, 1.54) is 43.1 Å². The summed E-state index contributed by atoms with van der Waals surface area (Å²) in [6.45, 7) is 0. The van der Waals surface area contributed by atoms with Gasteiger partial charge in [-0.2, -0.15) is 0 Å². The monoisotopic (exact) mass is 673 g/mol. The van der Waals surface area contributed by atoms with E-state index in [1.807, 2.05) is 0 Å². The molecule has 0 aliphatic rings. The molecule has 0 N–H and O–H groups in total. The zero-order valence-corrected chi connectivity index (χ0v) is 28.7. The Kier molecular flexibility index (Phi) is 6.55. The molecule has 3 heteroatoms. The van der Waals surface area contributed by atoms with E-state index in [9.17, 15) is 0 Å². The van der Waals surface area contributed by atoms with E-state index >= 15 is 0 Å². The van der Waals surface area contributed by atoms with E-state index in [1.54, 1.807) is 0 Å². The molecule has 0 radical (unpaired) electrons. The maximum absolute atomic E-state index is 5.57. The van der Waals surface area contributed by atoms with Crippen LogP contribution in [0.2, 0.25) is 0 Å². The Morgan fingerprint density at radius 1 is 0.321 bits per heavy atom. The molecular weight excluding hydrogens is 643 g/mol. The molecule has 11 aromatic rings. The number of hydrogen-bond donors (Lipinski definition) is 0. The van der Waals surface area contributed by atoms with Crippen molar-refractivity contribution in [1.82, 2.24) is 14.5 Å². The Hall–Kier alpha value is -7.10. The Bertz CT molecular complexity index is 3210. The summed E-state index contributed by atoms with van der Waals surface area (Å²) in [7, 11) is 0. The van der Waals surface area contributed by atoms with Gasteiger partial charge in [-0.15, -0.1) is 0 Å². The lowest BCUT2D eigenvalue weighted by atomic mass is 9.91. The van der Waals surface area contributed by atoms with Gasteiger partial charge in [-0.3, -0.25) is 4.57 Å². The Morgan fingerprint density at radius 3 is 1.66 bits per heavy atom. The van der Waals surface area contributed by atoms with Gasteiger partial charge < -0.3 is 0 Å². The summed E-state index contributed by atoms with van der Waals surface area (Å²) >= 11 is 0. The lowest BCUT2D eigenvalue weighted by molar-refractivity contribution is 1.01. The lowest BCUT2D eigenvalue weighted by Gasteiger charge is -2.17. The first-order valence-electron chi connectivity index (χ1n) is 18.1. The van der Waals surface area contributed by atoms with Crippen LogP contribution in [-0.2, 0) is 0 Å². The van der Waals surface area contributed by atoms with Crippen molar-refractivity contribution in [3.05, 3.63) is 188 Å². The summed E-state index contributed by atoms with van der Waals surface area (Å²) in [4.78, 5) is 11.0. The first-order valence-corrected chi connectivity index (χ1v) is 18.1. The highest BCUT2D eigenvalue weighted by Crippen LogP contribution is 2.41. The van der Waals surface area contributed by atoms with Gasteiger partial charge in [-0.05, 0) is 91.0 Å². The molecule has 11 rings (SSSR count). The highest BCUT2D eigenvalue weighted by Gasteiger charge is 2.20. The van der Waals surface area contributed by atoms with Crippen LogP contribution >= 0.6 is 0 Å². The largest absolute Gasteiger partial charge is 0.278 e. The van der Waals surface area contributed by atoms with Gasteiger partial charge in [-0.25, -0.2) is 9.97 Å². The fourth-order valence-corrected chi connectivity index (χ4v) is 8.22. The number of nitrogens with zero attached hydrogens (tertiary/aromatic N) is 3. The van der Waals surface area contributed by atoms with Crippen molar-refractivity contribution in [2.75, 3.05) is 0 Å². The minimum absolute atomic E-state index is 0.651. The number of hydrogen-bond acceptors (Lipinski definition) is 2. The summed E-state index contributed by atoms with van der Waals surface area (Å²) in [5, 5.41) is 10.7. The molecular formula is C50H31N3. The molecule has 0 spiro atoms. The van der Waals surface area contributed by atoms with Gasteiger partial charge >= 0.3 is 0 Å². The fraction of sp³-hybridized carbons (Fsp3) is 0. The smallest absolute Gasteiger partial charge is 0.235 e. The highest BCUT2D eigenvalue weighted by atomic mass is 15.2. The van der Waals surface area contributed by atoms with Gasteiger partial charge in [0, 0.05) is 21.7 Å². The van der Waals surface area contributed by atoms with Crippen molar-refractivity contribution in [3.63, 3.8) is 0 Å². The number of fused-ring (bicyclic) bond motifs is 8. The lowest BCUT2D eigenvalue weighted by Crippen LogP contribution is -2.04. The third-order valence-corrected chi connectivity index (χ3v) is 10.8. The van der Waals surface area contributed by atoms with Gasteiger partial charge in [0.2, 0.25) is 5.95 Å². The third-order valence-electron chi connectivity index (χ3n) is 10.8. The minimum Gasteiger partial charge on any atom is -0.278 e. The van der Waals surface area contributed by atoms with E-state index < -0.39 is 0 Å². The molecule has 0 fully saturated rings. The quantitative estimate of drug-likeness (QED) is 0.174. The van der Waals surface area contributed by atoms with E-state index in [-0.39, 0.29) is 0 Å².